The van der Waals surface area contributed by atoms with Gasteiger partial charge in [0.15, 0.2) is 17.3 Å². The average molecular weight is 989 g/mol. The van der Waals surface area contributed by atoms with Crippen molar-refractivity contribution in [3.8, 4) is 29.1 Å². The summed E-state index contributed by atoms with van der Waals surface area (Å²) in [5.41, 5.74) is 6.14. The zero-order valence-electron chi connectivity index (χ0n) is 41.5. The normalized spacial score (nSPS) is 26.2. The van der Waals surface area contributed by atoms with Crippen LogP contribution in [0.4, 0.5) is 5.82 Å². The molecule has 0 radical (unpaired) electrons. The highest BCUT2D eigenvalue weighted by atomic mass is 16.5. The number of carbonyl (C=O) groups excluding carboxylic acids is 2. The molecule has 4 heterocycles. The Morgan fingerprint density at radius 1 is 0.890 bits per heavy atom. The first-order valence-corrected chi connectivity index (χ1v) is 26.3. The first-order valence-electron chi connectivity index (χ1n) is 26.3. The first kappa shape index (κ1) is 50.1. The number of anilines is 1. The lowest BCUT2D eigenvalue weighted by Crippen LogP contribution is -2.43. The van der Waals surface area contributed by atoms with E-state index in [2.05, 4.69) is 39.4 Å². The number of aromatic hydroxyl groups is 2. The van der Waals surface area contributed by atoms with Gasteiger partial charge in [0, 0.05) is 67.0 Å². The molecular formula is C60H68N4O9. The molecule has 3 aliphatic carbocycles. The van der Waals surface area contributed by atoms with Gasteiger partial charge >= 0.3 is 0 Å². The number of H-pyrrole nitrogens is 2. The second-order valence-corrected chi connectivity index (χ2v) is 21.0. The van der Waals surface area contributed by atoms with Gasteiger partial charge in [-0.15, -0.1) is 0 Å². The third-order valence-electron chi connectivity index (χ3n) is 16.1. The summed E-state index contributed by atoms with van der Waals surface area (Å²) in [5, 5.41) is 78.0. The van der Waals surface area contributed by atoms with Crippen molar-refractivity contribution < 1.29 is 45.0 Å². The van der Waals surface area contributed by atoms with E-state index in [0.717, 1.165) is 65.6 Å². The van der Waals surface area contributed by atoms with Crippen molar-refractivity contribution in [3.05, 3.63) is 140 Å². The third kappa shape index (κ3) is 10.5. The first-order chi connectivity index (χ1) is 35.4. The number of aliphatic hydroxyl groups excluding tert-OH is 3. The fourth-order valence-electron chi connectivity index (χ4n) is 12.0. The summed E-state index contributed by atoms with van der Waals surface area (Å²) in [7, 11) is 0. The highest BCUT2D eigenvalue weighted by Crippen LogP contribution is 2.48. The fraction of sp³-hybridized carbons (Fsp3) is 0.433. The predicted molar refractivity (Wildman–Crippen MR) is 280 cm³/mol. The van der Waals surface area contributed by atoms with Gasteiger partial charge < -0.3 is 56.0 Å². The summed E-state index contributed by atoms with van der Waals surface area (Å²) in [5.74, 6) is 3.45. The summed E-state index contributed by atoms with van der Waals surface area (Å²) in [6, 6.07) is 17.5. The summed E-state index contributed by atoms with van der Waals surface area (Å²) in [6.07, 6.45) is 12.6. The lowest BCUT2D eigenvalue weighted by atomic mass is 9.65. The summed E-state index contributed by atoms with van der Waals surface area (Å²) >= 11 is 0. The molecular weight excluding hydrogens is 921 g/mol. The monoisotopic (exact) mass is 988 g/mol. The molecule has 2 aliphatic heterocycles. The Kier molecular flexibility index (Phi) is 14.8. The number of aromatic nitrogens is 2. The molecule has 5 aliphatic rings. The van der Waals surface area contributed by atoms with Gasteiger partial charge in [-0.25, -0.2) is 0 Å². The molecule has 13 nitrogen and oxygen atoms in total. The van der Waals surface area contributed by atoms with E-state index in [1.807, 2.05) is 54.9 Å². The number of Topliss-reactive ketones (excluding diaryl/α,β-unsaturated/α-hetero) is 2. The van der Waals surface area contributed by atoms with Crippen LogP contribution in [0.3, 0.4) is 0 Å². The standard InChI is InChI=1S/C60H68N4O9/c1-2-23-61-34-40-13-14-49-46-32-50-44(19-25-62-50)48(33-60(72)21-16-36-6-5-9-51(66)43(36)17-22-60)55(46)58(71)45(20-26-65)52(67)15-10-35-27-47(57(70)54(28-35)73-42-7-3-4-8-42)56(69)38-12-11-37(31-53(40)68)41(29-38)30-39-18-24-63-59(39)64-49/h5-6,9,11-12,17-19,22,24-25,27-29,32,40,42,45,48-49,53,55-56,61-66,68-70,72H,2-4,7-8,10,15-16,20-21,23,26,30-31,33-34H2,1H3. The number of rotatable bonds is 10. The van der Waals surface area contributed by atoms with E-state index in [-0.39, 0.29) is 66.8 Å². The summed E-state index contributed by atoms with van der Waals surface area (Å²) < 4.78 is 6.45. The number of aryl methyl sites for hydroxylation is 2. The zero-order chi connectivity index (χ0) is 50.8. The molecule has 5 bridgehead atoms. The lowest BCUT2D eigenvalue weighted by Gasteiger charge is -2.39. The smallest absolute Gasteiger partial charge is 0.163 e. The van der Waals surface area contributed by atoms with Gasteiger partial charge in [-0.1, -0.05) is 61.2 Å². The number of phenolic OH excluding ortho intramolecular Hbond substituents is 2. The Hall–Kier alpha value is -6.40. The Bertz CT molecular complexity index is 2970. The van der Waals surface area contributed by atoms with E-state index < -0.39 is 59.9 Å². The number of benzene rings is 3. The zero-order valence-corrected chi connectivity index (χ0v) is 41.5. The van der Waals surface area contributed by atoms with Gasteiger partial charge in [-0.3, -0.25) is 9.59 Å². The maximum Gasteiger partial charge on any atom is 0.163 e. The van der Waals surface area contributed by atoms with Gasteiger partial charge in [-0.05, 0) is 158 Å². The fourth-order valence-corrected chi connectivity index (χ4v) is 12.0. The molecule has 1 saturated carbocycles. The summed E-state index contributed by atoms with van der Waals surface area (Å²) in [4.78, 5) is 37.8. The van der Waals surface area contributed by atoms with Crippen LogP contribution in [-0.4, -0.2) is 95.7 Å². The molecule has 2 aromatic heterocycles. The van der Waals surface area contributed by atoms with E-state index in [1.54, 1.807) is 36.4 Å². The molecule has 1 fully saturated rings. The lowest BCUT2D eigenvalue weighted by molar-refractivity contribution is -0.135. The molecule has 8 unspecified atom stereocenters. The Labute approximate surface area is 426 Å². The van der Waals surface area contributed by atoms with Crippen LogP contribution in [0.5, 0.6) is 17.2 Å². The van der Waals surface area contributed by atoms with Crippen LogP contribution in [0.15, 0.2) is 84.7 Å². The van der Waals surface area contributed by atoms with Crippen LogP contribution in [0.25, 0.3) is 12.2 Å². The molecule has 13 heteroatoms. The topological polar surface area (TPSA) is 220 Å². The van der Waals surface area contributed by atoms with Crippen molar-refractivity contribution in [1.29, 1.82) is 0 Å². The predicted octanol–water partition coefficient (Wildman–Crippen LogP) is 7.73. The van der Waals surface area contributed by atoms with Gasteiger partial charge in [0.25, 0.3) is 0 Å². The molecule has 8 atom stereocenters. The molecule has 10 N–H and O–H groups in total. The summed E-state index contributed by atoms with van der Waals surface area (Å²) in [6.45, 7) is 2.72. The second-order valence-electron chi connectivity index (χ2n) is 21.0. The highest BCUT2D eigenvalue weighted by Gasteiger charge is 2.47. The molecule has 382 valence electrons. The number of phenols is 2. The molecule has 73 heavy (non-hydrogen) atoms. The minimum absolute atomic E-state index is 0.0779. The van der Waals surface area contributed by atoms with Crippen LogP contribution in [-0.2, 0) is 35.3 Å². The van der Waals surface area contributed by atoms with Crippen molar-refractivity contribution in [1.82, 2.24) is 15.3 Å². The number of nitrogens with one attached hydrogen (secondary N) is 4. The number of hydrogen-bond donors (Lipinski definition) is 10. The van der Waals surface area contributed by atoms with Crippen molar-refractivity contribution in [3.63, 3.8) is 0 Å². The number of aromatic amines is 2. The van der Waals surface area contributed by atoms with E-state index in [1.165, 1.54) is 0 Å². The quantitative estimate of drug-likeness (QED) is 0.0371. The van der Waals surface area contributed by atoms with Crippen LogP contribution in [0, 0.1) is 29.6 Å². The van der Waals surface area contributed by atoms with E-state index in [4.69, 9.17) is 4.74 Å². The van der Waals surface area contributed by atoms with Crippen molar-refractivity contribution >= 4 is 29.5 Å². The van der Waals surface area contributed by atoms with Gasteiger partial charge in [0.05, 0.1) is 29.6 Å². The number of ether oxygens (including phenoxy) is 1. The van der Waals surface area contributed by atoms with Crippen LogP contribution in [0.2, 0.25) is 0 Å². The molecule has 10 rings (SSSR count). The van der Waals surface area contributed by atoms with Crippen molar-refractivity contribution in [2.45, 2.75) is 126 Å². The Morgan fingerprint density at radius 2 is 1.73 bits per heavy atom. The second kappa shape index (κ2) is 21.6. The number of ketones is 2. The van der Waals surface area contributed by atoms with Crippen molar-refractivity contribution in [2.24, 2.45) is 17.8 Å². The molecule has 5 aromatic rings. The van der Waals surface area contributed by atoms with Crippen molar-refractivity contribution in [2.75, 3.05) is 25.0 Å². The number of carbonyl (C=O) groups is 2. The molecule has 0 amide bonds. The van der Waals surface area contributed by atoms with E-state index in [9.17, 15) is 35.4 Å². The van der Waals surface area contributed by atoms with Crippen LogP contribution >= 0.6 is 0 Å². The number of fused-ring (bicyclic) bond motifs is 8. The largest absolute Gasteiger partial charge is 0.507 e. The third-order valence-corrected chi connectivity index (χ3v) is 16.1. The minimum Gasteiger partial charge on any atom is -0.507 e. The van der Waals surface area contributed by atoms with Gasteiger partial charge in [0.2, 0.25) is 0 Å². The Morgan fingerprint density at radius 3 is 2.55 bits per heavy atom. The molecule has 0 spiro atoms. The average Bonchev–Trinajstić information content (AvgIpc) is 4.16. The van der Waals surface area contributed by atoms with Gasteiger partial charge in [0.1, 0.15) is 29.5 Å². The maximum absolute atomic E-state index is 16.0. The minimum atomic E-state index is -1.46. The van der Waals surface area contributed by atoms with Gasteiger partial charge in [-0.2, -0.15) is 0 Å². The number of aliphatic hydroxyl groups is 4. The molecule has 3 aromatic carbocycles. The maximum atomic E-state index is 16.0. The molecule has 0 saturated heterocycles. The van der Waals surface area contributed by atoms with Crippen LogP contribution < -0.4 is 15.4 Å². The van der Waals surface area contributed by atoms with E-state index >= 15 is 4.79 Å². The number of hydrogen-bond acceptors (Lipinski definition) is 11. The van der Waals surface area contributed by atoms with Crippen LogP contribution in [0.1, 0.15) is 132 Å². The Balaban J connectivity index is 1.16. The van der Waals surface area contributed by atoms with E-state index in [0.29, 0.717) is 60.4 Å². The highest BCUT2D eigenvalue weighted by molar-refractivity contribution is 6.05. The SMILES string of the molecule is CCCNCC1C#CC2Nc3[nH]ccc3Cc3cc(ccc3CC1O)C(O)c1cc(cc(OC3CCCC3)c1O)CCC(=O)C(CCO)C(=O)C1C2=Cc2[nH]ccc2C1CC1(O)C=Cc2c(O)cccc2CC1.